The van der Waals surface area contributed by atoms with Crippen LogP contribution in [0.3, 0.4) is 0 Å². The van der Waals surface area contributed by atoms with Crippen molar-refractivity contribution in [2.24, 2.45) is 0 Å². The molecule has 1 aromatic rings. The van der Waals surface area contributed by atoms with Crippen LogP contribution in [0.15, 0.2) is 30.3 Å². The summed E-state index contributed by atoms with van der Waals surface area (Å²) in [6, 6.07) is 9.48. The normalized spacial score (nSPS) is 32.4. The van der Waals surface area contributed by atoms with Crippen LogP contribution >= 0.6 is 0 Å². The number of benzene rings is 1. The summed E-state index contributed by atoms with van der Waals surface area (Å²) in [6.07, 6.45) is -3.22. The first kappa shape index (κ1) is 13.5. The van der Waals surface area contributed by atoms with Crippen LogP contribution in [0.5, 0.6) is 0 Å². The minimum Gasteiger partial charge on any atom is -0.394 e. The summed E-state index contributed by atoms with van der Waals surface area (Å²) in [6.45, 7) is 0.0857. The maximum atomic E-state index is 9.75. The van der Waals surface area contributed by atoms with Gasteiger partial charge in [-0.3, -0.25) is 0 Å². The highest BCUT2D eigenvalue weighted by atomic mass is 16.7. The lowest BCUT2D eigenvalue weighted by Crippen LogP contribution is -2.50. The van der Waals surface area contributed by atoms with Crippen LogP contribution in [0.4, 0.5) is 0 Å². The van der Waals surface area contributed by atoms with E-state index >= 15 is 0 Å². The van der Waals surface area contributed by atoms with Crippen LogP contribution in [0, 0.1) is 0 Å². The molecule has 1 heterocycles. The molecule has 3 N–H and O–H groups in total. The van der Waals surface area contributed by atoms with E-state index in [0.29, 0.717) is 0 Å². The Balaban J connectivity index is 1.91. The van der Waals surface area contributed by atoms with Crippen LogP contribution in [0.25, 0.3) is 0 Å². The van der Waals surface area contributed by atoms with E-state index in [0.717, 1.165) is 5.56 Å². The van der Waals surface area contributed by atoms with Crippen LogP contribution in [-0.2, 0) is 16.1 Å². The van der Waals surface area contributed by atoms with E-state index in [9.17, 15) is 10.2 Å². The van der Waals surface area contributed by atoms with Crippen LogP contribution in [0.1, 0.15) is 12.0 Å². The molecule has 100 valence electrons. The molecule has 5 heteroatoms. The standard InChI is InChI=1S/C13H18O5/c14-7-10-6-11(15)12(16)13(18-10)17-8-9-4-2-1-3-5-9/h1-5,10-16H,6-8H2/t10-,11+,12+,13?/m0/s1. The topological polar surface area (TPSA) is 79.2 Å². The predicted molar refractivity (Wildman–Crippen MR) is 63.6 cm³/mol. The van der Waals surface area contributed by atoms with Crippen LogP contribution < -0.4 is 0 Å². The summed E-state index contributed by atoms with van der Waals surface area (Å²) in [4.78, 5) is 0. The summed E-state index contributed by atoms with van der Waals surface area (Å²) in [7, 11) is 0. The molecule has 0 amide bonds. The molecular weight excluding hydrogens is 236 g/mol. The Bertz CT molecular complexity index is 356. The number of rotatable bonds is 4. The van der Waals surface area contributed by atoms with Gasteiger partial charge in [-0.2, -0.15) is 0 Å². The minimum absolute atomic E-state index is 0.199. The van der Waals surface area contributed by atoms with E-state index in [1.165, 1.54) is 0 Å². The first-order valence-electron chi connectivity index (χ1n) is 5.98. The molecule has 0 aromatic heterocycles. The Kier molecular flexibility index (Phi) is 4.68. The number of hydrogen-bond donors (Lipinski definition) is 3. The van der Waals surface area contributed by atoms with E-state index in [2.05, 4.69) is 0 Å². The molecule has 1 fully saturated rings. The molecule has 1 aliphatic heterocycles. The molecule has 1 aromatic carbocycles. The van der Waals surface area contributed by atoms with Gasteiger partial charge in [-0.1, -0.05) is 30.3 Å². The third-order valence-electron chi connectivity index (χ3n) is 2.96. The lowest BCUT2D eigenvalue weighted by atomic mass is 10.0. The molecule has 18 heavy (non-hydrogen) atoms. The molecule has 4 atom stereocenters. The van der Waals surface area contributed by atoms with Crippen molar-refractivity contribution in [2.75, 3.05) is 6.61 Å². The van der Waals surface area contributed by atoms with Crippen molar-refractivity contribution in [2.45, 2.75) is 37.6 Å². The van der Waals surface area contributed by atoms with Gasteiger partial charge in [0, 0.05) is 6.42 Å². The SMILES string of the molecule is OC[C@@H]1C[C@@H](O)[C@@H](O)C(OCc2ccccc2)O1. The summed E-state index contributed by atoms with van der Waals surface area (Å²) >= 11 is 0. The molecule has 0 aliphatic carbocycles. The lowest BCUT2D eigenvalue weighted by molar-refractivity contribution is -0.274. The molecule has 0 saturated carbocycles. The quantitative estimate of drug-likeness (QED) is 0.706. The Labute approximate surface area is 106 Å². The molecule has 0 spiro atoms. The third kappa shape index (κ3) is 3.28. The van der Waals surface area contributed by atoms with Crippen molar-refractivity contribution in [3.8, 4) is 0 Å². The summed E-state index contributed by atoms with van der Waals surface area (Å²) in [5.41, 5.74) is 0.953. The van der Waals surface area contributed by atoms with Gasteiger partial charge in [-0.25, -0.2) is 0 Å². The van der Waals surface area contributed by atoms with E-state index in [-0.39, 0.29) is 19.6 Å². The monoisotopic (exact) mass is 254 g/mol. The summed E-state index contributed by atoms with van der Waals surface area (Å²) in [5.74, 6) is 0. The minimum atomic E-state index is -1.09. The zero-order chi connectivity index (χ0) is 13.0. The fourth-order valence-corrected chi connectivity index (χ4v) is 1.92. The second-order valence-corrected chi connectivity index (χ2v) is 4.40. The smallest absolute Gasteiger partial charge is 0.186 e. The van der Waals surface area contributed by atoms with Gasteiger partial charge < -0.3 is 24.8 Å². The van der Waals surface area contributed by atoms with Gasteiger partial charge >= 0.3 is 0 Å². The maximum absolute atomic E-state index is 9.75. The van der Waals surface area contributed by atoms with Gasteiger partial charge in [0.1, 0.15) is 6.10 Å². The fourth-order valence-electron chi connectivity index (χ4n) is 1.92. The molecule has 0 bridgehead atoms. The molecule has 0 radical (unpaired) electrons. The van der Waals surface area contributed by atoms with Gasteiger partial charge in [0.15, 0.2) is 6.29 Å². The Hall–Kier alpha value is -0.980. The number of aliphatic hydroxyl groups is 3. The average Bonchev–Trinajstić information content (AvgIpc) is 2.41. The highest BCUT2D eigenvalue weighted by Gasteiger charge is 2.37. The van der Waals surface area contributed by atoms with Gasteiger partial charge in [0.05, 0.1) is 25.4 Å². The van der Waals surface area contributed by atoms with Crippen molar-refractivity contribution in [1.82, 2.24) is 0 Å². The Morgan fingerprint density at radius 1 is 1.22 bits per heavy atom. The van der Waals surface area contributed by atoms with Gasteiger partial charge in [0.25, 0.3) is 0 Å². The van der Waals surface area contributed by atoms with E-state index in [4.69, 9.17) is 14.6 Å². The first-order valence-corrected chi connectivity index (χ1v) is 5.98. The first-order chi connectivity index (χ1) is 8.70. The van der Waals surface area contributed by atoms with Crippen molar-refractivity contribution >= 4 is 0 Å². The van der Waals surface area contributed by atoms with E-state index in [1.807, 2.05) is 30.3 Å². The molecular formula is C13H18O5. The van der Waals surface area contributed by atoms with E-state index in [1.54, 1.807) is 0 Å². The molecule has 1 unspecified atom stereocenters. The zero-order valence-corrected chi connectivity index (χ0v) is 9.98. The van der Waals surface area contributed by atoms with Crippen LogP contribution in [0.2, 0.25) is 0 Å². The summed E-state index contributed by atoms with van der Waals surface area (Å²) < 4.78 is 10.8. The van der Waals surface area contributed by atoms with Gasteiger partial charge in [-0.05, 0) is 5.56 Å². The third-order valence-corrected chi connectivity index (χ3v) is 2.96. The average molecular weight is 254 g/mol. The predicted octanol–water partition coefficient (Wildman–Crippen LogP) is 0.0323. The van der Waals surface area contributed by atoms with Gasteiger partial charge in [-0.15, -0.1) is 0 Å². The molecule has 2 rings (SSSR count). The van der Waals surface area contributed by atoms with Crippen LogP contribution in [-0.4, -0.2) is 46.5 Å². The highest BCUT2D eigenvalue weighted by Crippen LogP contribution is 2.22. The largest absolute Gasteiger partial charge is 0.394 e. The van der Waals surface area contributed by atoms with E-state index < -0.39 is 24.6 Å². The van der Waals surface area contributed by atoms with Crippen molar-refractivity contribution in [3.63, 3.8) is 0 Å². The molecule has 5 nitrogen and oxygen atoms in total. The second-order valence-electron chi connectivity index (χ2n) is 4.40. The Morgan fingerprint density at radius 3 is 2.61 bits per heavy atom. The number of hydrogen-bond acceptors (Lipinski definition) is 5. The maximum Gasteiger partial charge on any atom is 0.186 e. The zero-order valence-electron chi connectivity index (χ0n) is 9.98. The van der Waals surface area contributed by atoms with Gasteiger partial charge in [0.2, 0.25) is 0 Å². The lowest BCUT2D eigenvalue weighted by Gasteiger charge is -2.36. The summed E-state index contributed by atoms with van der Waals surface area (Å²) in [5, 5.41) is 28.4. The molecule has 1 saturated heterocycles. The molecule has 1 aliphatic rings. The van der Waals surface area contributed by atoms with Crippen molar-refractivity contribution in [1.29, 1.82) is 0 Å². The Morgan fingerprint density at radius 2 is 1.94 bits per heavy atom. The highest BCUT2D eigenvalue weighted by molar-refractivity contribution is 5.13. The van der Waals surface area contributed by atoms with Crippen molar-refractivity contribution < 1.29 is 24.8 Å². The van der Waals surface area contributed by atoms with Crippen molar-refractivity contribution in [3.05, 3.63) is 35.9 Å². The second kappa shape index (κ2) is 6.26. The fraction of sp³-hybridized carbons (Fsp3) is 0.538. The number of ether oxygens (including phenoxy) is 2. The number of aliphatic hydroxyl groups excluding tert-OH is 3.